The summed E-state index contributed by atoms with van der Waals surface area (Å²) in [7, 11) is 0. The Balaban J connectivity index is 1.70. The smallest absolute Gasteiger partial charge is 0.238 e. The molecule has 0 atom stereocenters. The van der Waals surface area contributed by atoms with Gasteiger partial charge in [0.05, 0.1) is 6.54 Å². The van der Waals surface area contributed by atoms with Crippen LogP contribution < -0.4 is 10.6 Å². The Bertz CT molecular complexity index is 1010. The summed E-state index contributed by atoms with van der Waals surface area (Å²) in [6.45, 7) is 11.7. The lowest BCUT2D eigenvalue weighted by Crippen LogP contribution is -2.28. The van der Waals surface area contributed by atoms with E-state index in [1.165, 1.54) is 33.4 Å². The Morgan fingerprint density at radius 1 is 0.774 bits per heavy atom. The topological polar surface area (TPSA) is 41.1 Å². The number of rotatable bonds is 8. The molecule has 0 aliphatic heterocycles. The van der Waals surface area contributed by atoms with Crippen molar-refractivity contribution in [1.82, 2.24) is 5.32 Å². The van der Waals surface area contributed by atoms with Crippen molar-refractivity contribution in [2.45, 2.75) is 53.0 Å². The minimum absolute atomic E-state index is 0.0108. The van der Waals surface area contributed by atoms with Crippen LogP contribution in [0.4, 0.5) is 5.69 Å². The fraction of sp³-hybridized carbons (Fsp3) is 0.321. The van der Waals surface area contributed by atoms with E-state index in [4.69, 9.17) is 0 Å². The van der Waals surface area contributed by atoms with Gasteiger partial charge >= 0.3 is 0 Å². The zero-order valence-electron chi connectivity index (χ0n) is 19.3. The molecule has 0 heterocycles. The molecule has 3 aromatic carbocycles. The van der Waals surface area contributed by atoms with Crippen LogP contribution in [0.5, 0.6) is 0 Å². The molecule has 3 nitrogen and oxygen atoms in total. The zero-order chi connectivity index (χ0) is 22.4. The van der Waals surface area contributed by atoms with E-state index in [-0.39, 0.29) is 12.5 Å². The van der Waals surface area contributed by atoms with Gasteiger partial charge in [0.15, 0.2) is 0 Å². The van der Waals surface area contributed by atoms with Crippen LogP contribution in [0.25, 0.3) is 11.1 Å². The van der Waals surface area contributed by atoms with Crippen LogP contribution in [0.3, 0.4) is 0 Å². The minimum atomic E-state index is -0.0108. The number of para-hydroxylation sites is 1. The monoisotopic (exact) mass is 414 g/mol. The fourth-order valence-corrected chi connectivity index (χ4v) is 4.00. The van der Waals surface area contributed by atoms with Gasteiger partial charge in [0.2, 0.25) is 5.91 Å². The second kappa shape index (κ2) is 10.4. The van der Waals surface area contributed by atoms with Gasteiger partial charge in [-0.3, -0.25) is 4.79 Å². The molecule has 31 heavy (non-hydrogen) atoms. The molecule has 0 saturated heterocycles. The predicted octanol–water partition coefficient (Wildman–Crippen LogP) is 6.64. The molecule has 0 unspecified atom stereocenters. The maximum Gasteiger partial charge on any atom is 0.238 e. The standard InChI is InChI=1S/C28H34N2O/c1-19(2)23-15-10-16-24(20(3)4)28(23)30-27(31)18-29-17-22-12-7-9-14-26(22)25-13-8-6-11-21(25)5/h6-16,19-20,29H,17-18H2,1-5H3,(H,30,31). The van der Waals surface area contributed by atoms with Crippen LogP contribution in [-0.4, -0.2) is 12.5 Å². The number of carbonyl (C=O) groups excluding carboxylic acids is 1. The minimum Gasteiger partial charge on any atom is -0.324 e. The van der Waals surface area contributed by atoms with E-state index in [1.54, 1.807) is 0 Å². The van der Waals surface area contributed by atoms with Crippen LogP contribution in [0.2, 0.25) is 0 Å². The quantitative estimate of drug-likeness (QED) is 0.434. The van der Waals surface area contributed by atoms with Gasteiger partial charge in [-0.05, 0) is 52.1 Å². The third-order valence-electron chi connectivity index (χ3n) is 5.69. The summed E-state index contributed by atoms with van der Waals surface area (Å²) in [5.74, 6) is 0.689. The first-order chi connectivity index (χ1) is 14.9. The molecule has 0 aromatic heterocycles. The third kappa shape index (κ3) is 5.62. The average molecular weight is 415 g/mol. The number of anilines is 1. The Labute approximate surface area is 186 Å². The summed E-state index contributed by atoms with van der Waals surface area (Å²) < 4.78 is 0. The first-order valence-electron chi connectivity index (χ1n) is 11.2. The molecule has 1 amide bonds. The van der Waals surface area contributed by atoms with Gasteiger partial charge in [-0.1, -0.05) is 94.4 Å². The second-order valence-corrected chi connectivity index (χ2v) is 8.74. The largest absolute Gasteiger partial charge is 0.324 e. The molecule has 2 N–H and O–H groups in total. The van der Waals surface area contributed by atoms with Gasteiger partial charge in [-0.2, -0.15) is 0 Å². The summed E-state index contributed by atoms with van der Waals surface area (Å²) in [4.78, 5) is 12.8. The van der Waals surface area contributed by atoms with E-state index in [0.29, 0.717) is 18.4 Å². The highest BCUT2D eigenvalue weighted by Gasteiger charge is 2.16. The highest BCUT2D eigenvalue weighted by molar-refractivity contribution is 5.94. The van der Waals surface area contributed by atoms with Crippen molar-refractivity contribution in [3.8, 4) is 11.1 Å². The van der Waals surface area contributed by atoms with Crippen molar-refractivity contribution in [2.75, 3.05) is 11.9 Å². The Kier molecular flexibility index (Phi) is 7.64. The van der Waals surface area contributed by atoms with Crippen molar-refractivity contribution >= 4 is 11.6 Å². The van der Waals surface area contributed by atoms with E-state index in [9.17, 15) is 4.79 Å². The lowest BCUT2D eigenvalue weighted by molar-refractivity contribution is -0.115. The molecule has 3 heteroatoms. The number of carbonyl (C=O) groups is 1. The molecule has 0 bridgehead atoms. The van der Waals surface area contributed by atoms with Crippen molar-refractivity contribution in [1.29, 1.82) is 0 Å². The number of amides is 1. The average Bonchev–Trinajstić information content (AvgIpc) is 2.74. The number of benzene rings is 3. The maximum atomic E-state index is 12.8. The highest BCUT2D eigenvalue weighted by atomic mass is 16.1. The molecule has 3 rings (SSSR count). The van der Waals surface area contributed by atoms with Crippen LogP contribution in [-0.2, 0) is 11.3 Å². The molecular formula is C28H34N2O. The van der Waals surface area contributed by atoms with Crippen molar-refractivity contribution < 1.29 is 4.79 Å². The molecular weight excluding hydrogens is 380 g/mol. The number of hydrogen-bond acceptors (Lipinski definition) is 2. The molecule has 0 aliphatic rings. The van der Waals surface area contributed by atoms with Crippen molar-refractivity contribution in [2.24, 2.45) is 0 Å². The number of nitrogens with one attached hydrogen (secondary N) is 2. The molecule has 0 fully saturated rings. The number of aryl methyl sites for hydroxylation is 1. The van der Waals surface area contributed by atoms with E-state index < -0.39 is 0 Å². The molecule has 0 saturated carbocycles. The van der Waals surface area contributed by atoms with Crippen LogP contribution in [0.1, 0.15) is 61.8 Å². The predicted molar refractivity (Wildman–Crippen MR) is 132 cm³/mol. The van der Waals surface area contributed by atoms with E-state index in [2.05, 4.69) is 106 Å². The van der Waals surface area contributed by atoms with Crippen LogP contribution in [0, 0.1) is 6.92 Å². The first-order valence-corrected chi connectivity index (χ1v) is 11.2. The molecule has 3 aromatic rings. The Hall–Kier alpha value is -2.91. The summed E-state index contributed by atoms with van der Waals surface area (Å²) in [6, 6.07) is 23.1. The summed E-state index contributed by atoms with van der Waals surface area (Å²) >= 11 is 0. The van der Waals surface area contributed by atoms with E-state index >= 15 is 0 Å². The van der Waals surface area contributed by atoms with Gasteiger partial charge in [0, 0.05) is 12.2 Å². The summed E-state index contributed by atoms with van der Waals surface area (Å²) in [6.07, 6.45) is 0. The van der Waals surface area contributed by atoms with Gasteiger partial charge in [-0.15, -0.1) is 0 Å². The lowest BCUT2D eigenvalue weighted by atomic mass is 9.92. The SMILES string of the molecule is Cc1ccccc1-c1ccccc1CNCC(=O)Nc1c(C(C)C)cccc1C(C)C. The van der Waals surface area contributed by atoms with Crippen LogP contribution in [0.15, 0.2) is 66.7 Å². The van der Waals surface area contributed by atoms with Crippen LogP contribution >= 0.6 is 0 Å². The summed E-state index contributed by atoms with van der Waals surface area (Å²) in [5.41, 5.74) is 8.22. The highest BCUT2D eigenvalue weighted by Crippen LogP contribution is 2.32. The zero-order valence-corrected chi connectivity index (χ0v) is 19.3. The van der Waals surface area contributed by atoms with Gasteiger partial charge in [0.1, 0.15) is 0 Å². The van der Waals surface area contributed by atoms with Crippen molar-refractivity contribution in [3.05, 3.63) is 89.0 Å². The third-order valence-corrected chi connectivity index (χ3v) is 5.69. The van der Waals surface area contributed by atoms with Gasteiger partial charge in [-0.25, -0.2) is 0 Å². The number of hydrogen-bond donors (Lipinski definition) is 2. The second-order valence-electron chi connectivity index (χ2n) is 8.74. The van der Waals surface area contributed by atoms with Gasteiger partial charge in [0.25, 0.3) is 0 Å². The Morgan fingerprint density at radius 3 is 1.97 bits per heavy atom. The lowest BCUT2D eigenvalue weighted by Gasteiger charge is -2.20. The molecule has 0 aliphatic carbocycles. The van der Waals surface area contributed by atoms with E-state index in [1.807, 2.05) is 6.07 Å². The molecule has 0 radical (unpaired) electrons. The maximum absolute atomic E-state index is 12.8. The van der Waals surface area contributed by atoms with E-state index in [0.717, 1.165) is 5.69 Å². The van der Waals surface area contributed by atoms with Gasteiger partial charge < -0.3 is 10.6 Å². The first kappa shape index (κ1) is 22.8. The summed E-state index contributed by atoms with van der Waals surface area (Å²) in [5, 5.41) is 6.52. The van der Waals surface area contributed by atoms with Crippen molar-refractivity contribution in [3.63, 3.8) is 0 Å². The normalized spacial score (nSPS) is 11.2. The molecule has 0 spiro atoms. The Morgan fingerprint density at radius 2 is 1.35 bits per heavy atom. The molecule has 162 valence electrons. The fourth-order valence-electron chi connectivity index (χ4n) is 4.00.